The van der Waals surface area contributed by atoms with E-state index in [4.69, 9.17) is 15.2 Å². The fourth-order valence-corrected chi connectivity index (χ4v) is 2.42. The Balaban J connectivity index is 2.19. The summed E-state index contributed by atoms with van der Waals surface area (Å²) in [5.74, 6) is 1.47. The lowest BCUT2D eigenvalue weighted by molar-refractivity contribution is 0.284. The number of nitrogen functional groups attached to an aromatic ring is 1. The number of aryl methyl sites for hydroxylation is 1. The molecule has 2 aromatic carbocycles. The van der Waals surface area contributed by atoms with Gasteiger partial charge in [0, 0.05) is 15.7 Å². The Morgan fingerprint density at radius 3 is 2.60 bits per heavy atom. The zero-order valence-electron chi connectivity index (χ0n) is 11.7. The molecule has 0 amide bonds. The molecule has 0 aliphatic carbocycles. The van der Waals surface area contributed by atoms with E-state index in [-0.39, 0.29) is 0 Å². The van der Waals surface area contributed by atoms with E-state index >= 15 is 0 Å². The molecule has 2 N–H and O–H groups in total. The van der Waals surface area contributed by atoms with Crippen LogP contribution in [0.15, 0.2) is 40.9 Å². The molecule has 0 unspecified atom stereocenters. The second-order valence-electron chi connectivity index (χ2n) is 4.44. The van der Waals surface area contributed by atoms with Crippen LogP contribution in [0.25, 0.3) is 0 Å². The summed E-state index contributed by atoms with van der Waals surface area (Å²) in [4.78, 5) is 0. The highest BCUT2D eigenvalue weighted by Crippen LogP contribution is 2.31. The Morgan fingerprint density at radius 1 is 1.15 bits per heavy atom. The maximum Gasteiger partial charge on any atom is 0.161 e. The van der Waals surface area contributed by atoms with Gasteiger partial charge in [-0.05, 0) is 36.2 Å². The van der Waals surface area contributed by atoms with E-state index in [1.54, 1.807) is 7.11 Å². The smallest absolute Gasteiger partial charge is 0.161 e. The van der Waals surface area contributed by atoms with Crippen molar-refractivity contribution in [3.63, 3.8) is 0 Å². The van der Waals surface area contributed by atoms with Crippen molar-refractivity contribution >= 4 is 21.6 Å². The van der Waals surface area contributed by atoms with Crippen LogP contribution in [0.2, 0.25) is 0 Å². The lowest BCUT2D eigenvalue weighted by atomic mass is 10.1. The fourth-order valence-electron chi connectivity index (χ4n) is 1.93. The highest BCUT2D eigenvalue weighted by atomic mass is 79.9. The molecule has 2 aromatic rings. The first-order chi connectivity index (χ1) is 9.65. The van der Waals surface area contributed by atoms with Crippen LogP contribution in [-0.2, 0) is 13.0 Å². The van der Waals surface area contributed by atoms with E-state index < -0.39 is 0 Å². The van der Waals surface area contributed by atoms with Gasteiger partial charge in [0.15, 0.2) is 11.5 Å². The van der Waals surface area contributed by atoms with Gasteiger partial charge in [-0.3, -0.25) is 0 Å². The molecule has 20 heavy (non-hydrogen) atoms. The highest BCUT2D eigenvalue weighted by molar-refractivity contribution is 9.10. The predicted molar refractivity (Wildman–Crippen MR) is 85.3 cm³/mol. The molecule has 0 aromatic heterocycles. The number of nitrogens with two attached hydrogens (primary N) is 1. The van der Waals surface area contributed by atoms with Gasteiger partial charge in [-0.2, -0.15) is 0 Å². The minimum Gasteiger partial charge on any atom is -0.493 e. The molecule has 0 saturated carbocycles. The Hall–Kier alpha value is -1.68. The number of halogens is 1. The topological polar surface area (TPSA) is 44.5 Å². The van der Waals surface area contributed by atoms with Crippen LogP contribution in [-0.4, -0.2) is 7.11 Å². The van der Waals surface area contributed by atoms with Crippen molar-refractivity contribution in [3.8, 4) is 11.5 Å². The Bertz CT molecular complexity index is 579. The van der Waals surface area contributed by atoms with Crippen LogP contribution in [0.4, 0.5) is 5.69 Å². The van der Waals surface area contributed by atoms with E-state index in [1.165, 1.54) is 5.56 Å². The number of benzene rings is 2. The molecular formula is C16H18BrNO2. The Morgan fingerprint density at radius 2 is 1.95 bits per heavy atom. The van der Waals surface area contributed by atoms with Gasteiger partial charge in [0.1, 0.15) is 6.61 Å². The second-order valence-corrected chi connectivity index (χ2v) is 5.29. The number of hydrogen-bond acceptors (Lipinski definition) is 3. The molecule has 106 valence electrons. The highest BCUT2D eigenvalue weighted by Gasteiger charge is 2.09. The summed E-state index contributed by atoms with van der Waals surface area (Å²) in [6.07, 6.45) is 0.966. The van der Waals surface area contributed by atoms with Gasteiger partial charge >= 0.3 is 0 Å². The monoisotopic (exact) mass is 335 g/mol. The van der Waals surface area contributed by atoms with E-state index in [2.05, 4.69) is 22.9 Å². The summed E-state index contributed by atoms with van der Waals surface area (Å²) in [7, 11) is 1.65. The average Bonchev–Trinajstić information content (AvgIpc) is 2.46. The minimum atomic E-state index is 0.398. The maximum absolute atomic E-state index is 5.96. The number of anilines is 1. The predicted octanol–water partition coefficient (Wildman–Crippen LogP) is 4.18. The molecule has 3 nitrogen and oxygen atoms in total. The van der Waals surface area contributed by atoms with Gasteiger partial charge in [0.05, 0.1) is 7.11 Å². The van der Waals surface area contributed by atoms with Crippen molar-refractivity contribution in [1.82, 2.24) is 0 Å². The van der Waals surface area contributed by atoms with Gasteiger partial charge in [-0.25, -0.2) is 0 Å². The van der Waals surface area contributed by atoms with Gasteiger partial charge < -0.3 is 15.2 Å². The molecular weight excluding hydrogens is 318 g/mol. The van der Waals surface area contributed by atoms with Crippen LogP contribution < -0.4 is 15.2 Å². The summed E-state index contributed by atoms with van der Waals surface area (Å²) in [6.45, 7) is 2.51. The van der Waals surface area contributed by atoms with Crippen LogP contribution >= 0.6 is 15.9 Å². The summed E-state index contributed by atoms with van der Waals surface area (Å²) in [6, 6.07) is 11.7. The number of rotatable bonds is 5. The van der Waals surface area contributed by atoms with Gasteiger partial charge in [0.2, 0.25) is 0 Å². The Labute approximate surface area is 127 Å². The largest absolute Gasteiger partial charge is 0.493 e. The Kier molecular flexibility index (Phi) is 4.90. The van der Waals surface area contributed by atoms with E-state index in [1.807, 2.05) is 36.4 Å². The summed E-state index contributed by atoms with van der Waals surface area (Å²) < 4.78 is 12.2. The lowest BCUT2D eigenvalue weighted by Gasteiger charge is -2.13. The molecule has 0 atom stereocenters. The van der Waals surface area contributed by atoms with Gasteiger partial charge in [-0.15, -0.1) is 0 Å². The first kappa shape index (κ1) is 14.7. The molecule has 0 spiro atoms. The molecule has 0 radical (unpaired) electrons. The second kappa shape index (κ2) is 6.66. The molecule has 0 saturated heterocycles. The number of hydrogen-bond donors (Lipinski definition) is 1. The lowest BCUT2D eigenvalue weighted by Crippen LogP contribution is -2.02. The van der Waals surface area contributed by atoms with Gasteiger partial charge in [0.25, 0.3) is 0 Å². The minimum absolute atomic E-state index is 0.398. The molecule has 0 fully saturated rings. The quantitative estimate of drug-likeness (QED) is 0.833. The standard InChI is InChI=1S/C16H18BrNO2/c1-3-11-7-8-15(16(9-11)19-2)20-10-12-13(17)5-4-6-14(12)18/h4-9H,3,10,18H2,1-2H3. The van der Waals surface area contributed by atoms with Crippen molar-refractivity contribution in [2.24, 2.45) is 0 Å². The van der Waals surface area contributed by atoms with Crippen molar-refractivity contribution in [2.45, 2.75) is 20.0 Å². The molecule has 0 aliphatic heterocycles. The van der Waals surface area contributed by atoms with Crippen LogP contribution in [0.1, 0.15) is 18.1 Å². The zero-order valence-corrected chi connectivity index (χ0v) is 13.2. The van der Waals surface area contributed by atoms with E-state index in [0.717, 1.165) is 28.0 Å². The SMILES string of the molecule is CCc1ccc(OCc2c(N)cccc2Br)c(OC)c1. The fraction of sp³-hybridized carbons (Fsp3) is 0.250. The maximum atomic E-state index is 5.96. The van der Waals surface area contributed by atoms with E-state index in [0.29, 0.717) is 12.3 Å². The van der Waals surface area contributed by atoms with Crippen LogP contribution in [0.5, 0.6) is 11.5 Å². The third kappa shape index (κ3) is 3.25. The van der Waals surface area contributed by atoms with Crippen LogP contribution in [0, 0.1) is 0 Å². The molecule has 2 rings (SSSR count). The van der Waals surface area contributed by atoms with Crippen molar-refractivity contribution < 1.29 is 9.47 Å². The third-order valence-electron chi connectivity index (χ3n) is 3.16. The first-order valence-electron chi connectivity index (χ1n) is 6.48. The average molecular weight is 336 g/mol. The van der Waals surface area contributed by atoms with Crippen LogP contribution in [0.3, 0.4) is 0 Å². The summed E-state index contributed by atoms with van der Waals surface area (Å²) >= 11 is 3.49. The summed E-state index contributed by atoms with van der Waals surface area (Å²) in [5.41, 5.74) is 8.83. The van der Waals surface area contributed by atoms with Crippen molar-refractivity contribution in [1.29, 1.82) is 0 Å². The molecule has 0 bridgehead atoms. The van der Waals surface area contributed by atoms with E-state index in [9.17, 15) is 0 Å². The summed E-state index contributed by atoms with van der Waals surface area (Å²) in [5, 5.41) is 0. The normalized spacial score (nSPS) is 10.3. The first-order valence-corrected chi connectivity index (χ1v) is 7.27. The third-order valence-corrected chi connectivity index (χ3v) is 3.91. The zero-order chi connectivity index (χ0) is 14.5. The van der Waals surface area contributed by atoms with Gasteiger partial charge in [-0.1, -0.05) is 35.0 Å². The molecule has 0 aliphatic rings. The molecule has 0 heterocycles. The number of methoxy groups -OCH3 is 1. The van der Waals surface area contributed by atoms with Crippen molar-refractivity contribution in [3.05, 3.63) is 52.0 Å². The molecule has 4 heteroatoms. The van der Waals surface area contributed by atoms with Crippen molar-refractivity contribution in [2.75, 3.05) is 12.8 Å². The number of ether oxygens (including phenoxy) is 2.